The molecule has 16 heavy (non-hydrogen) atoms. The van der Waals surface area contributed by atoms with E-state index in [1.807, 2.05) is 0 Å². The maximum atomic E-state index is 11.8. The van der Waals surface area contributed by atoms with Crippen LogP contribution in [-0.2, 0) is 9.53 Å². The summed E-state index contributed by atoms with van der Waals surface area (Å²) in [4.78, 5) is 10.7. The minimum absolute atomic E-state index is 0.186. The van der Waals surface area contributed by atoms with Crippen molar-refractivity contribution in [2.24, 2.45) is 0 Å². The van der Waals surface area contributed by atoms with Gasteiger partial charge in [0.05, 0.1) is 13.3 Å². The third-order valence-corrected chi connectivity index (χ3v) is 2.44. The summed E-state index contributed by atoms with van der Waals surface area (Å²) in [5, 5.41) is 0. The molecule has 0 aromatic carbocycles. The lowest BCUT2D eigenvalue weighted by Gasteiger charge is -2.02. The molecule has 0 bridgehead atoms. The van der Waals surface area contributed by atoms with Crippen molar-refractivity contribution in [3.8, 4) is 0 Å². The fraction of sp³-hybridized carbons (Fsp3) is 0.769. The molecule has 0 atom stereocenters. The number of alkyl halides is 1. The van der Waals surface area contributed by atoms with Gasteiger partial charge < -0.3 is 4.74 Å². The monoisotopic (exact) mass is 230 g/mol. The van der Waals surface area contributed by atoms with Gasteiger partial charge in [-0.15, -0.1) is 0 Å². The second-order valence-electron chi connectivity index (χ2n) is 3.89. The Morgan fingerprint density at radius 1 is 1.00 bits per heavy atom. The fourth-order valence-corrected chi connectivity index (χ4v) is 1.49. The quantitative estimate of drug-likeness (QED) is 0.306. The zero-order chi connectivity index (χ0) is 12.1. The molecular formula is C13H23FO2. The molecule has 0 aromatic heterocycles. The molecule has 0 aliphatic heterocycles. The average Bonchev–Trinajstić information content (AvgIpc) is 2.31. The van der Waals surface area contributed by atoms with Crippen LogP contribution in [0.4, 0.5) is 4.39 Å². The van der Waals surface area contributed by atoms with Crippen molar-refractivity contribution < 1.29 is 13.9 Å². The summed E-state index contributed by atoms with van der Waals surface area (Å²) in [7, 11) is 0. The van der Waals surface area contributed by atoms with Crippen LogP contribution >= 0.6 is 0 Å². The third kappa shape index (κ3) is 11.2. The van der Waals surface area contributed by atoms with Gasteiger partial charge in [-0.05, 0) is 12.8 Å². The first kappa shape index (κ1) is 15.1. The smallest absolute Gasteiger partial charge is 0.330 e. The highest BCUT2D eigenvalue weighted by molar-refractivity contribution is 5.81. The number of esters is 1. The van der Waals surface area contributed by atoms with E-state index in [0.717, 1.165) is 25.7 Å². The predicted octanol–water partition coefficient (Wildman–Crippen LogP) is 3.81. The molecule has 0 aliphatic carbocycles. The van der Waals surface area contributed by atoms with Crippen molar-refractivity contribution in [1.82, 2.24) is 0 Å². The summed E-state index contributed by atoms with van der Waals surface area (Å²) in [6.07, 6.45) is 9.60. The van der Waals surface area contributed by atoms with Gasteiger partial charge in [0.15, 0.2) is 0 Å². The van der Waals surface area contributed by atoms with Crippen LogP contribution in [0.3, 0.4) is 0 Å². The second-order valence-corrected chi connectivity index (χ2v) is 3.89. The molecule has 0 aromatic rings. The average molecular weight is 230 g/mol. The van der Waals surface area contributed by atoms with E-state index in [9.17, 15) is 9.18 Å². The van der Waals surface area contributed by atoms with E-state index in [1.165, 1.54) is 25.3 Å². The number of hydrogen-bond acceptors (Lipinski definition) is 2. The minimum atomic E-state index is -0.341. The maximum Gasteiger partial charge on any atom is 0.330 e. The van der Waals surface area contributed by atoms with Crippen molar-refractivity contribution in [3.05, 3.63) is 12.7 Å². The van der Waals surface area contributed by atoms with Gasteiger partial charge in [0.1, 0.15) is 0 Å². The van der Waals surface area contributed by atoms with E-state index in [4.69, 9.17) is 4.74 Å². The highest BCUT2D eigenvalue weighted by Gasteiger charge is 1.95. The SMILES string of the molecule is C=CC(=O)OCCCCCCCCCCF. The molecule has 0 aliphatic rings. The number of rotatable bonds is 11. The third-order valence-electron chi connectivity index (χ3n) is 2.44. The predicted molar refractivity (Wildman–Crippen MR) is 64.1 cm³/mol. The van der Waals surface area contributed by atoms with Crippen molar-refractivity contribution >= 4 is 5.97 Å². The molecule has 0 spiro atoms. The van der Waals surface area contributed by atoms with Crippen LogP contribution in [0.1, 0.15) is 51.4 Å². The van der Waals surface area contributed by atoms with Gasteiger partial charge in [-0.2, -0.15) is 0 Å². The van der Waals surface area contributed by atoms with Gasteiger partial charge in [0.2, 0.25) is 0 Å². The number of unbranched alkanes of at least 4 members (excludes halogenated alkanes) is 7. The summed E-state index contributed by atoms with van der Waals surface area (Å²) in [5.74, 6) is -0.341. The maximum absolute atomic E-state index is 11.8. The molecule has 0 amide bonds. The highest BCUT2D eigenvalue weighted by atomic mass is 19.1. The van der Waals surface area contributed by atoms with Crippen molar-refractivity contribution in [3.63, 3.8) is 0 Å². The van der Waals surface area contributed by atoms with Gasteiger partial charge in [0.25, 0.3) is 0 Å². The number of halogens is 1. The molecule has 3 heteroatoms. The van der Waals surface area contributed by atoms with Gasteiger partial charge >= 0.3 is 5.97 Å². The largest absolute Gasteiger partial charge is 0.463 e. The van der Waals surface area contributed by atoms with E-state index < -0.39 is 0 Å². The number of ether oxygens (including phenoxy) is 1. The first-order valence-corrected chi connectivity index (χ1v) is 6.16. The van der Waals surface area contributed by atoms with Crippen molar-refractivity contribution in [2.75, 3.05) is 13.3 Å². The molecule has 2 nitrogen and oxygen atoms in total. The van der Waals surface area contributed by atoms with Gasteiger partial charge in [-0.1, -0.05) is 45.1 Å². The van der Waals surface area contributed by atoms with Crippen LogP contribution in [0.2, 0.25) is 0 Å². The molecule has 0 heterocycles. The molecule has 0 unspecified atom stereocenters. The lowest BCUT2D eigenvalue weighted by molar-refractivity contribution is -0.137. The lowest BCUT2D eigenvalue weighted by atomic mass is 10.1. The zero-order valence-corrected chi connectivity index (χ0v) is 10.0. The van der Waals surface area contributed by atoms with Gasteiger partial charge in [-0.3, -0.25) is 4.39 Å². The fourth-order valence-electron chi connectivity index (χ4n) is 1.49. The Kier molecular flexibility index (Phi) is 11.6. The topological polar surface area (TPSA) is 26.3 Å². The molecule has 0 rings (SSSR count). The van der Waals surface area contributed by atoms with Crippen LogP contribution < -0.4 is 0 Å². The normalized spacial score (nSPS) is 10.1. The summed E-state index contributed by atoms with van der Waals surface area (Å²) < 4.78 is 16.6. The van der Waals surface area contributed by atoms with Crippen LogP contribution in [0.15, 0.2) is 12.7 Å². The van der Waals surface area contributed by atoms with Gasteiger partial charge in [-0.25, -0.2) is 4.79 Å². The number of carbonyl (C=O) groups excluding carboxylic acids is 1. The summed E-state index contributed by atoms with van der Waals surface area (Å²) >= 11 is 0. The second kappa shape index (κ2) is 12.2. The Hall–Kier alpha value is -0.860. The molecule has 0 saturated heterocycles. The highest BCUT2D eigenvalue weighted by Crippen LogP contribution is 2.08. The number of carbonyl (C=O) groups is 1. The molecule has 0 saturated carbocycles. The van der Waals surface area contributed by atoms with E-state index >= 15 is 0 Å². The van der Waals surface area contributed by atoms with Crippen molar-refractivity contribution in [2.45, 2.75) is 51.4 Å². The van der Waals surface area contributed by atoms with Crippen molar-refractivity contribution in [1.29, 1.82) is 0 Å². The van der Waals surface area contributed by atoms with Crippen LogP contribution in [0.5, 0.6) is 0 Å². The van der Waals surface area contributed by atoms with Crippen LogP contribution in [0, 0.1) is 0 Å². The number of hydrogen-bond donors (Lipinski definition) is 0. The molecule has 0 fully saturated rings. The van der Waals surface area contributed by atoms with Crippen LogP contribution in [0.25, 0.3) is 0 Å². The van der Waals surface area contributed by atoms with Crippen LogP contribution in [-0.4, -0.2) is 19.3 Å². The Bertz CT molecular complexity index is 181. The van der Waals surface area contributed by atoms with E-state index in [-0.39, 0.29) is 12.6 Å². The molecule has 94 valence electrons. The van der Waals surface area contributed by atoms with E-state index in [0.29, 0.717) is 13.0 Å². The summed E-state index contributed by atoms with van der Waals surface area (Å²) in [6, 6.07) is 0. The first-order valence-electron chi connectivity index (χ1n) is 6.16. The lowest BCUT2D eigenvalue weighted by Crippen LogP contribution is -2.01. The van der Waals surface area contributed by atoms with Gasteiger partial charge in [0, 0.05) is 6.08 Å². The molecule has 0 radical (unpaired) electrons. The standard InChI is InChI=1S/C13H23FO2/c1-2-13(15)16-12-10-8-6-4-3-5-7-9-11-14/h2H,1,3-12H2. The Morgan fingerprint density at radius 3 is 2.00 bits per heavy atom. The Labute approximate surface area is 97.9 Å². The van der Waals surface area contributed by atoms with E-state index in [2.05, 4.69) is 6.58 Å². The molecule has 0 N–H and O–H groups in total. The Morgan fingerprint density at radius 2 is 1.50 bits per heavy atom. The first-order chi connectivity index (χ1) is 7.81. The molecular weight excluding hydrogens is 207 g/mol. The summed E-state index contributed by atoms with van der Waals surface area (Å²) in [6.45, 7) is 3.63. The minimum Gasteiger partial charge on any atom is -0.463 e. The van der Waals surface area contributed by atoms with E-state index in [1.54, 1.807) is 0 Å². The zero-order valence-electron chi connectivity index (χ0n) is 10.0. The summed E-state index contributed by atoms with van der Waals surface area (Å²) in [5.41, 5.74) is 0. The Balaban J connectivity index is 2.98.